The summed E-state index contributed by atoms with van der Waals surface area (Å²) >= 11 is 0. The third kappa shape index (κ3) is 3.87. The van der Waals surface area contributed by atoms with E-state index in [-0.39, 0.29) is 12.1 Å². The molecular weight excluding hydrogens is 278 g/mol. The number of H-pyrrole nitrogens is 1. The van der Waals surface area contributed by atoms with Gasteiger partial charge in [-0.3, -0.25) is 0 Å². The summed E-state index contributed by atoms with van der Waals surface area (Å²) in [5.41, 5.74) is 1.39. The monoisotopic (exact) mass is 299 g/mol. The Morgan fingerprint density at radius 3 is 2.73 bits per heavy atom. The van der Waals surface area contributed by atoms with Crippen LogP contribution in [0.5, 0.6) is 6.01 Å². The van der Waals surface area contributed by atoms with Crippen molar-refractivity contribution >= 4 is 6.09 Å². The highest BCUT2D eigenvalue weighted by molar-refractivity contribution is 5.69. The minimum Gasteiger partial charge on any atom is -0.375 e. The number of aromatic amines is 1. The minimum absolute atomic E-state index is 0.260. The number of piperidine rings is 1. The Kier molecular flexibility index (Phi) is 4.73. The molecule has 0 bridgehead atoms. The van der Waals surface area contributed by atoms with Crippen molar-refractivity contribution < 1.29 is 9.53 Å². The number of hydrogen-bond donors (Lipinski definition) is 1. The van der Waals surface area contributed by atoms with E-state index in [0.717, 1.165) is 32.4 Å². The van der Waals surface area contributed by atoms with Crippen molar-refractivity contribution in [2.45, 2.75) is 25.7 Å². The molecule has 22 heavy (non-hydrogen) atoms. The van der Waals surface area contributed by atoms with Crippen molar-refractivity contribution in [1.82, 2.24) is 14.9 Å². The highest BCUT2D eigenvalue weighted by Gasteiger charge is 2.24. The van der Waals surface area contributed by atoms with Gasteiger partial charge in [0.15, 0.2) is 0 Å². The van der Waals surface area contributed by atoms with Gasteiger partial charge in [-0.15, -0.1) is 0 Å². The smallest absolute Gasteiger partial charge is 0.375 e. The van der Waals surface area contributed by atoms with Gasteiger partial charge in [0.1, 0.15) is 0 Å². The average Bonchev–Trinajstić information content (AvgIpc) is 3.07. The summed E-state index contributed by atoms with van der Waals surface area (Å²) in [6.07, 6.45) is 7.28. The fourth-order valence-electron chi connectivity index (χ4n) is 2.87. The largest absolute Gasteiger partial charge is 0.417 e. The summed E-state index contributed by atoms with van der Waals surface area (Å²) in [4.78, 5) is 20.4. The lowest BCUT2D eigenvalue weighted by molar-refractivity contribution is 0.126. The first-order valence-electron chi connectivity index (χ1n) is 7.81. The van der Waals surface area contributed by atoms with Crippen molar-refractivity contribution in [3.8, 4) is 6.01 Å². The molecule has 1 aromatic carbocycles. The summed E-state index contributed by atoms with van der Waals surface area (Å²) in [5, 5.41) is 0. The van der Waals surface area contributed by atoms with Gasteiger partial charge in [-0.1, -0.05) is 30.3 Å². The second-order valence-electron chi connectivity index (χ2n) is 5.72. The molecule has 116 valence electrons. The number of benzene rings is 1. The van der Waals surface area contributed by atoms with Crippen LogP contribution in [0.2, 0.25) is 0 Å². The number of imidazole rings is 1. The maximum absolute atomic E-state index is 12.0. The number of nitrogens with one attached hydrogen (secondary N) is 1. The molecular formula is C17H21N3O2. The summed E-state index contributed by atoms with van der Waals surface area (Å²) in [6.45, 7) is 1.53. The molecule has 5 nitrogen and oxygen atoms in total. The van der Waals surface area contributed by atoms with E-state index in [9.17, 15) is 4.79 Å². The van der Waals surface area contributed by atoms with Crippen LogP contribution < -0.4 is 4.74 Å². The molecule has 0 aliphatic carbocycles. The minimum atomic E-state index is -0.309. The van der Waals surface area contributed by atoms with E-state index in [1.165, 1.54) is 12.0 Å². The molecule has 0 unspecified atom stereocenters. The first-order chi connectivity index (χ1) is 10.8. The number of ether oxygens (including phenoxy) is 1. The van der Waals surface area contributed by atoms with Gasteiger partial charge in [-0.2, -0.15) is 0 Å². The SMILES string of the molecule is O=C(Oc1ncc[nH]1)N1CCC(CCc2ccccc2)CC1. The maximum Gasteiger partial charge on any atom is 0.417 e. The lowest BCUT2D eigenvalue weighted by atomic mass is 9.91. The van der Waals surface area contributed by atoms with Crippen LogP contribution in [-0.4, -0.2) is 34.1 Å². The molecule has 1 amide bonds. The van der Waals surface area contributed by atoms with Crippen molar-refractivity contribution in [3.63, 3.8) is 0 Å². The molecule has 1 N–H and O–H groups in total. The fourth-order valence-corrected chi connectivity index (χ4v) is 2.87. The Bertz CT molecular complexity index is 575. The van der Waals surface area contributed by atoms with E-state index in [0.29, 0.717) is 5.92 Å². The summed E-state index contributed by atoms with van der Waals surface area (Å²) in [5.74, 6) is 0.688. The van der Waals surface area contributed by atoms with Gasteiger partial charge in [0.05, 0.1) is 0 Å². The average molecular weight is 299 g/mol. The lowest BCUT2D eigenvalue weighted by Gasteiger charge is -2.30. The summed E-state index contributed by atoms with van der Waals surface area (Å²) < 4.78 is 5.18. The number of likely N-dealkylation sites (tertiary alicyclic amines) is 1. The van der Waals surface area contributed by atoms with E-state index >= 15 is 0 Å². The molecule has 0 atom stereocenters. The third-order valence-electron chi connectivity index (χ3n) is 4.21. The molecule has 1 fully saturated rings. The van der Waals surface area contributed by atoms with Crippen molar-refractivity contribution in [2.75, 3.05) is 13.1 Å². The highest BCUT2D eigenvalue weighted by atomic mass is 16.6. The first-order valence-corrected chi connectivity index (χ1v) is 7.81. The molecule has 0 saturated carbocycles. The van der Waals surface area contributed by atoms with E-state index in [1.807, 2.05) is 6.07 Å². The van der Waals surface area contributed by atoms with Gasteiger partial charge in [0, 0.05) is 25.5 Å². The van der Waals surface area contributed by atoms with Crippen LogP contribution >= 0.6 is 0 Å². The van der Waals surface area contributed by atoms with E-state index < -0.39 is 0 Å². The predicted molar refractivity (Wildman–Crippen MR) is 83.7 cm³/mol. The van der Waals surface area contributed by atoms with Gasteiger partial charge < -0.3 is 14.6 Å². The quantitative estimate of drug-likeness (QED) is 0.942. The Morgan fingerprint density at radius 2 is 2.05 bits per heavy atom. The molecule has 0 spiro atoms. The van der Waals surface area contributed by atoms with E-state index in [4.69, 9.17) is 4.74 Å². The van der Waals surface area contributed by atoms with Gasteiger partial charge in [0.2, 0.25) is 0 Å². The molecule has 3 rings (SSSR count). The summed E-state index contributed by atoms with van der Waals surface area (Å²) in [7, 11) is 0. The number of hydrogen-bond acceptors (Lipinski definition) is 3. The highest BCUT2D eigenvalue weighted by Crippen LogP contribution is 2.23. The molecule has 2 heterocycles. The molecule has 1 aliphatic rings. The van der Waals surface area contributed by atoms with Gasteiger partial charge in [-0.05, 0) is 37.2 Å². The van der Waals surface area contributed by atoms with Crippen LogP contribution in [0, 0.1) is 5.92 Å². The molecule has 5 heteroatoms. The Labute approximate surface area is 130 Å². The Hall–Kier alpha value is -2.30. The normalized spacial score (nSPS) is 15.7. The van der Waals surface area contributed by atoms with Crippen LogP contribution in [-0.2, 0) is 6.42 Å². The van der Waals surface area contributed by atoms with Crippen molar-refractivity contribution in [2.24, 2.45) is 5.92 Å². The van der Waals surface area contributed by atoms with Crippen LogP contribution in [0.3, 0.4) is 0 Å². The zero-order chi connectivity index (χ0) is 15.2. The van der Waals surface area contributed by atoms with Crippen LogP contribution in [0.4, 0.5) is 4.79 Å². The fraction of sp³-hybridized carbons (Fsp3) is 0.412. The topological polar surface area (TPSA) is 58.2 Å². The zero-order valence-electron chi connectivity index (χ0n) is 12.6. The van der Waals surface area contributed by atoms with Crippen LogP contribution in [0.25, 0.3) is 0 Å². The number of aryl methyl sites for hydroxylation is 1. The summed E-state index contributed by atoms with van der Waals surface area (Å²) in [6, 6.07) is 10.8. The van der Waals surface area contributed by atoms with E-state index in [2.05, 4.69) is 34.2 Å². The second-order valence-corrected chi connectivity index (χ2v) is 5.72. The van der Waals surface area contributed by atoms with Gasteiger partial charge in [-0.25, -0.2) is 9.78 Å². The molecule has 1 aromatic heterocycles. The number of aromatic nitrogens is 2. The first kappa shape index (κ1) is 14.6. The van der Waals surface area contributed by atoms with Gasteiger partial charge in [0.25, 0.3) is 0 Å². The lowest BCUT2D eigenvalue weighted by Crippen LogP contribution is -2.40. The molecule has 0 radical (unpaired) electrons. The Balaban J connectivity index is 1.41. The van der Waals surface area contributed by atoms with Crippen molar-refractivity contribution in [1.29, 1.82) is 0 Å². The molecule has 2 aromatic rings. The number of amides is 1. The second kappa shape index (κ2) is 7.11. The standard InChI is InChI=1S/C17H21N3O2/c21-17(22-16-18-10-11-19-16)20-12-8-15(9-13-20)7-6-14-4-2-1-3-5-14/h1-5,10-11,15H,6-9,12-13H2,(H,18,19). The van der Waals surface area contributed by atoms with Gasteiger partial charge >= 0.3 is 12.1 Å². The predicted octanol–water partition coefficient (Wildman–Crippen LogP) is 3.25. The molecule has 1 aliphatic heterocycles. The maximum atomic E-state index is 12.0. The third-order valence-corrected chi connectivity index (χ3v) is 4.21. The van der Waals surface area contributed by atoms with E-state index in [1.54, 1.807) is 17.3 Å². The number of rotatable bonds is 4. The number of carbonyl (C=O) groups excluding carboxylic acids is 1. The Morgan fingerprint density at radius 1 is 1.27 bits per heavy atom. The van der Waals surface area contributed by atoms with Crippen molar-refractivity contribution in [3.05, 3.63) is 48.3 Å². The van der Waals surface area contributed by atoms with Crippen LogP contribution in [0.1, 0.15) is 24.8 Å². The molecule has 1 saturated heterocycles. The number of carbonyl (C=O) groups is 1. The van der Waals surface area contributed by atoms with Crippen LogP contribution in [0.15, 0.2) is 42.7 Å². The zero-order valence-corrected chi connectivity index (χ0v) is 12.6. The number of nitrogens with zero attached hydrogens (tertiary/aromatic N) is 2.